The van der Waals surface area contributed by atoms with E-state index >= 15 is 0 Å². The summed E-state index contributed by atoms with van der Waals surface area (Å²) in [5.74, 6) is 0. The fraction of sp³-hybridized carbons (Fsp3) is 0.500. The largest absolute Gasteiger partial charge is 0.407 e. The van der Waals surface area contributed by atoms with E-state index in [9.17, 15) is 13.2 Å². The van der Waals surface area contributed by atoms with Gasteiger partial charge in [0.2, 0.25) is 0 Å². The number of alkyl halides is 3. The lowest BCUT2D eigenvalue weighted by atomic mass is 10.0. The van der Waals surface area contributed by atoms with Crippen LogP contribution in [0, 0.1) is 0 Å². The molecule has 0 saturated carbocycles. The molecule has 0 saturated heterocycles. The monoisotopic (exact) mass is 261 g/mol. The highest BCUT2D eigenvalue weighted by molar-refractivity contribution is 5.61. The Bertz CT molecular complexity index is 387. The van der Waals surface area contributed by atoms with Gasteiger partial charge in [-0.1, -0.05) is 0 Å². The molecular formula is C12H18F3N3. The van der Waals surface area contributed by atoms with Crippen molar-refractivity contribution in [3.8, 4) is 0 Å². The minimum absolute atomic E-state index is 0.0670. The number of anilines is 2. The lowest BCUT2D eigenvalue weighted by molar-refractivity contribution is -0.149. The maximum Gasteiger partial charge on any atom is 0.407 e. The number of nitrogens with zero attached hydrogens (tertiary/aromatic N) is 2. The van der Waals surface area contributed by atoms with Gasteiger partial charge in [-0.25, -0.2) is 0 Å². The molecule has 0 unspecified atom stereocenters. The summed E-state index contributed by atoms with van der Waals surface area (Å²) in [6.45, 7) is 0. The summed E-state index contributed by atoms with van der Waals surface area (Å²) in [6, 6.07) is 2.78. The van der Waals surface area contributed by atoms with E-state index in [1.165, 1.54) is 12.1 Å². The number of hydrogen-bond donors (Lipinski definition) is 1. The number of rotatable bonds is 3. The van der Waals surface area contributed by atoms with Crippen LogP contribution in [0.2, 0.25) is 0 Å². The van der Waals surface area contributed by atoms with Gasteiger partial charge in [-0.15, -0.1) is 0 Å². The first kappa shape index (κ1) is 14.6. The maximum atomic E-state index is 12.6. The first-order chi connectivity index (χ1) is 8.12. The third-order valence-electron chi connectivity index (χ3n) is 2.67. The third kappa shape index (κ3) is 3.29. The Morgan fingerprint density at radius 2 is 1.33 bits per heavy atom. The molecule has 0 heterocycles. The van der Waals surface area contributed by atoms with E-state index in [-0.39, 0.29) is 5.56 Å². The predicted molar refractivity (Wildman–Crippen MR) is 68.1 cm³/mol. The zero-order valence-corrected chi connectivity index (χ0v) is 10.9. The van der Waals surface area contributed by atoms with Gasteiger partial charge in [-0.2, -0.15) is 13.2 Å². The van der Waals surface area contributed by atoms with Crippen molar-refractivity contribution >= 4 is 11.4 Å². The fourth-order valence-corrected chi connectivity index (χ4v) is 1.50. The van der Waals surface area contributed by atoms with Crippen LogP contribution in [0.25, 0.3) is 0 Å². The summed E-state index contributed by atoms with van der Waals surface area (Å²) < 4.78 is 37.9. The Morgan fingerprint density at radius 1 is 0.944 bits per heavy atom. The van der Waals surface area contributed by atoms with Crippen molar-refractivity contribution in [1.82, 2.24) is 0 Å². The highest BCUT2D eigenvalue weighted by atomic mass is 19.4. The van der Waals surface area contributed by atoms with E-state index in [4.69, 9.17) is 5.73 Å². The molecule has 0 aliphatic heterocycles. The van der Waals surface area contributed by atoms with Crippen LogP contribution in [-0.4, -0.2) is 34.4 Å². The SMILES string of the molecule is CN(C)c1cc([C@@H](N)C(F)(F)F)cc(N(C)C)c1. The molecule has 2 N–H and O–H groups in total. The van der Waals surface area contributed by atoms with E-state index < -0.39 is 12.2 Å². The van der Waals surface area contributed by atoms with Crippen LogP contribution in [0.1, 0.15) is 11.6 Å². The molecule has 0 aliphatic carbocycles. The minimum Gasteiger partial charge on any atom is -0.378 e. The molecule has 0 aromatic heterocycles. The summed E-state index contributed by atoms with van der Waals surface area (Å²) in [6.07, 6.45) is -4.44. The lowest BCUT2D eigenvalue weighted by Gasteiger charge is -2.23. The highest BCUT2D eigenvalue weighted by Crippen LogP contribution is 2.34. The summed E-state index contributed by atoms with van der Waals surface area (Å²) in [5.41, 5.74) is 6.70. The predicted octanol–water partition coefficient (Wildman–Crippen LogP) is 2.38. The third-order valence-corrected chi connectivity index (χ3v) is 2.67. The van der Waals surface area contributed by atoms with Crippen LogP contribution in [0.5, 0.6) is 0 Å². The Kier molecular flexibility index (Phi) is 4.11. The van der Waals surface area contributed by atoms with Crippen LogP contribution in [-0.2, 0) is 0 Å². The molecule has 3 nitrogen and oxygen atoms in total. The molecule has 0 aliphatic rings. The number of nitrogens with two attached hydrogens (primary N) is 1. The van der Waals surface area contributed by atoms with Crippen molar-refractivity contribution in [2.24, 2.45) is 5.73 Å². The minimum atomic E-state index is -4.44. The molecule has 1 aromatic carbocycles. The van der Waals surface area contributed by atoms with Crippen molar-refractivity contribution in [1.29, 1.82) is 0 Å². The first-order valence-corrected chi connectivity index (χ1v) is 5.45. The zero-order chi connectivity index (χ0) is 14.1. The fourth-order valence-electron chi connectivity index (χ4n) is 1.50. The van der Waals surface area contributed by atoms with Gasteiger partial charge in [0.15, 0.2) is 0 Å². The van der Waals surface area contributed by atoms with Gasteiger partial charge in [-0.3, -0.25) is 0 Å². The van der Waals surface area contributed by atoms with Gasteiger partial charge >= 0.3 is 6.18 Å². The van der Waals surface area contributed by atoms with Crippen molar-refractivity contribution < 1.29 is 13.2 Å². The van der Waals surface area contributed by atoms with Crippen LogP contribution in [0.15, 0.2) is 18.2 Å². The van der Waals surface area contributed by atoms with Gasteiger partial charge < -0.3 is 15.5 Å². The summed E-state index contributed by atoms with van der Waals surface area (Å²) >= 11 is 0. The van der Waals surface area contributed by atoms with Crippen LogP contribution in [0.3, 0.4) is 0 Å². The molecule has 1 atom stereocenters. The zero-order valence-electron chi connectivity index (χ0n) is 10.9. The second-order valence-electron chi connectivity index (χ2n) is 4.59. The smallest absolute Gasteiger partial charge is 0.378 e. The maximum absolute atomic E-state index is 12.6. The van der Waals surface area contributed by atoms with Crippen molar-refractivity contribution in [2.75, 3.05) is 38.0 Å². The molecule has 0 bridgehead atoms. The first-order valence-electron chi connectivity index (χ1n) is 5.45. The van der Waals surface area contributed by atoms with Gasteiger partial charge in [0.25, 0.3) is 0 Å². The number of halogens is 3. The molecule has 102 valence electrons. The molecule has 18 heavy (non-hydrogen) atoms. The summed E-state index contributed by atoms with van der Waals surface area (Å²) in [5, 5.41) is 0. The van der Waals surface area contributed by atoms with E-state index in [1.807, 2.05) is 6.07 Å². The lowest BCUT2D eigenvalue weighted by Crippen LogP contribution is -2.29. The van der Waals surface area contributed by atoms with Gasteiger partial charge in [0.1, 0.15) is 6.04 Å². The highest BCUT2D eigenvalue weighted by Gasteiger charge is 2.38. The van der Waals surface area contributed by atoms with Gasteiger partial charge in [0, 0.05) is 39.6 Å². The van der Waals surface area contributed by atoms with Crippen LogP contribution < -0.4 is 15.5 Å². The number of benzene rings is 1. The van der Waals surface area contributed by atoms with Crippen molar-refractivity contribution in [3.05, 3.63) is 23.8 Å². The second-order valence-corrected chi connectivity index (χ2v) is 4.59. The van der Waals surface area contributed by atoms with Crippen LogP contribution in [0.4, 0.5) is 24.5 Å². The molecule has 0 fully saturated rings. The molecule has 6 heteroatoms. The Hall–Kier alpha value is -1.43. The normalized spacial score (nSPS) is 13.3. The number of hydrogen-bond acceptors (Lipinski definition) is 3. The molecule has 0 amide bonds. The summed E-state index contributed by atoms with van der Waals surface area (Å²) in [7, 11) is 7.10. The molecule has 1 aromatic rings. The average Bonchev–Trinajstić information content (AvgIpc) is 2.26. The van der Waals surface area contributed by atoms with Crippen molar-refractivity contribution in [2.45, 2.75) is 12.2 Å². The van der Waals surface area contributed by atoms with Crippen LogP contribution >= 0.6 is 0 Å². The Morgan fingerprint density at radius 3 is 1.61 bits per heavy atom. The topological polar surface area (TPSA) is 32.5 Å². The van der Waals surface area contributed by atoms with E-state index in [0.717, 1.165) is 0 Å². The average molecular weight is 261 g/mol. The van der Waals surface area contributed by atoms with Gasteiger partial charge in [0.05, 0.1) is 0 Å². The van der Waals surface area contributed by atoms with E-state index in [0.29, 0.717) is 11.4 Å². The van der Waals surface area contributed by atoms with Gasteiger partial charge in [-0.05, 0) is 23.8 Å². The Labute approximate surface area is 105 Å². The molecule has 0 spiro atoms. The van der Waals surface area contributed by atoms with Crippen molar-refractivity contribution in [3.63, 3.8) is 0 Å². The summed E-state index contributed by atoms with van der Waals surface area (Å²) in [4.78, 5) is 3.50. The second kappa shape index (κ2) is 5.06. The Balaban J connectivity index is 3.27. The molecular weight excluding hydrogens is 243 g/mol. The quantitative estimate of drug-likeness (QED) is 0.906. The molecule has 1 rings (SSSR count). The van der Waals surface area contributed by atoms with E-state index in [1.54, 1.807) is 38.0 Å². The van der Waals surface area contributed by atoms with E-state index in [2.05, 4.69) is 0 Å². The standard InChI is InChI=1S/C12H18F3N3/c1-17(2)9-5-8(11(16)12(13,14)15)6-10(7-9)18(3)4/h5-7,11H,16H2,1-4H3/t11-/m1/s1. The molecule has 0 radical (unpaired) electrons.